The zero-order chi connectivity index (χ0) is 21.1. The molecular weight excluding hydrogens is 402 g/mol. The lowest BCUT2D eigenvalue weighted by Gasteiger charge is -2.31. The monoisotopic (exact) mass is 423 g/mol. The normalized spacial score (nSPS) is 13.9. The fourth-order valence-electron chi connectivity index (χ4n) is 5.79. The summed E-state index contributed by atoms with van der Waals surface area (Å²) in [5, 5.41) is 8.45. The first kappa shape index (κ1) is 17.8. The Labute approximate surface area is 188 Å². The minimum Gasteiger partial charge on any atom is -0.355 e. The Kier molecular flexibility index (Phi) is 3.64. The summed E-state index contributed by atoms with van der Waals surface area (Å²) in [5.41, 5.74) is 5.19. The molecule has 0 unspecified atom stereocenters. The van der Waals surface area contributed by atoms with Crippen LogP contribution in [-0.4, -0.2) is 13.1 Å². The summed E-state index contributed by atoms with van der Waals surface area (Å²) in [6.45, 7) is 0. The second-order valence-corrected chi connectivity index (χ2v) is 12.4. The minimum absolute atomic E-state index is 1.20. The Balaban J connectivity index is 1.69. The second-order valence-electron chi connectivity index (χ2n) is 8.64. The van der Waals surface area contributed by atoms with Gasteiger partial charge in [0.25, 0.3) is 0 Å². The van der Waals surface area contributed by atoms with E-state index in [9.17, 15) is 0 Å². The van der Waals surface area contributed by atoms with Crippen LogP contribution in [0, 0.1) is 0 Å². The van der Waals surface area contributed by atoms with Crippen molar-refractivity contribution in [1.29, 1.82) is 0 Å². The van der Waals surface area contributed by atoms with E-state index in [4.69, 9.17) is 0 Å². The molecule has 7 rings (SSSR count). The van der Waals surface area contributed by atoms with Gasteiger partial charge >= 0.3 is 0 Å². The predicted octanol–water partition coefficient (Wildman–Crippen LogP) is 4.68. The highest BCUT2D eigenvalue weighted by Gasteiger charge is 2.48. The summed E-state index contributed by atoms with van der Waals surface area (Å²) < 4.78 is 0. The van der Waals surface area contributed by atoms with E-state index in [0.717, 1.165) is 0 Å². The van der Waals surface area contributed by atoms with Crippen LogP contribution in [0.4, 0.5) is 0 Å². The Bertz CT molecular complexity index is 1570. The molecule has 32 heavy (non-hydrogen) atoms. The van der Waals surface area contributed by atoms with Gasteiger partial charge in [-0.25, -0.2) is 0 Å². The third-order valence-corrected chi connectivity index (χ3v) is 11.9. The summed E-state index contributed by atoms with van der Waals surface area (Å²) >= 11 is 0. The number of aromatic nitrogens is 1. The second kappa shape index (κ2) is 6.56. The van der Waals surface area contributed by atoms with Crippen molar-refractivity contribution in [1.82, 2.24) is 4.98 Å². The summed E-state index contributed by atoms with van der Waals surface area (Å²) in [5.74, 6) is 0. The largest absolute Gasteiger partial charge is 0.355 e. The number of aromatic amines is 1. The van der Waals surface area contributed by atoms with E-state index in [2.05, 4.69) is 126 Å². The van der Waals surface area contributed by atoms with Crippen LogP contribution in [0.25, 0.3) is 32.9 Å². The first-order valence-electron chi connectivity index (χ1n) is 11.1. The number of fused-ring (bicyclic) bond motifs is 6. The molecule has 2 heteroatoms. The quantitative estimate of drug-likeness (QED) is 0.389. The molecule has 0 aliphatic carbocycles. The van der Waals surface area contributed by atoms with Crippen LogP contribution in [0.3, 0.4) is 0 Å². The highest BCUT2D eigenvalue weighted by atomic mass is 28.3. The van der Waals surface area contributed by atoms with Gasteiger partial charge < -0.3 is 4.98 Å². The third-order valence-electron chi connectivity index (χ3n) is 7.08. The van der Waals surface area contributed by atoms with Crippen molar-refractivity contribution in [2.24, 2.45) is 0 Å². The van der Waals surface area contributed by atoms with Gasteiger partial charge in [-0.1, -0.05) is 103 Å². The van der Waals surface area contributed by atoms with E-state index in [1.54, 1.807) is 0 Å². The van der Waals surface area contributed by atoms with Gasteiger partial charge in [0.1, 0.15) is 0 Å². The Hall–Kier alpha value is -3.88. The number of benzene rings is 5. The molecule has 0 atom stereocenters. The molecule has 0 radical (unpaired) electrons. The SMILES string of the molecule is c1ccc([Si]2(c3ccccc3)c3ccccc3-c3cc4c(cc32)[nH]c2ccccc24)cc1. The topological polar surface area (TPSA) is 15.8 Å². The van der Waals surface area contributed by atoms with E-state index in [0.29, 0.717) is 0 Å². The first-order chi connectivity index (χ1) is 15.9. The summed E-state index contributed by atoms with van der Waals surface area (Å²) in [6.07, 6.45) is 0. The number of rotatable bonds is 2. The highest BCUT2D eigenvalue weighted by Crippen LogP contribution is 2.34. The van der Waals surface area contributed by atoms with Gasteiger partial charge in [-0.3, -0.25) is 0 Å². The van der Waals surface area contributed by atoms with Gasteiger partial charge in [-0.15, -0.1) is 0 Å². The maximum absolute atomic E-state index is 3.70. The van der Waals surface area contributed by atoms with Gasteiger partial charge in [0, 0.05) is 21.8 Å². The van der Waals surface area contributed by atoms with Crippen LogP contribution in [0.15, 0.2) is 121 Å². The highest BCUT2D eigenvalue weighted by molar-refractivity contribution is 7.22. The fourth-order valence-corrected chi connectivity index (χ4v) is 11.0. The molecule has 1 nitrogen and oxygen atoms in total. The van der Waals surface area contributed by atoms with Crippen molar-refractivity contribution in [3.05, 3.63) is 121 Å². The zero-order valence-electron chi connectivity index (χ0n) is 17.5. The molecule has 0 saturated heterocycles. The van der Waals surface area contributed by atoms with E-state index < -0.39 is 8.07 Å². The molecule has 1 aromatic heterocycles. The molecule has 2 heterocycles. The summed E-state index contributed by atoms with van der Waals surface area (Å²) in [7, 11) is -2.41. The van der Waals surface area contributed by atoms with E-state index in [-0.39, 0.29) is 0 Å². The van der Waals surface area contributed by atoms with Gasteiger partial charge in [-0.05, 0) is 50.1 Å². The van der Waals surface area contributed by atoms with E-state index in [1.807, 2.05) is 0 Å². The Morgan fingerprint density at radius 3 is 1.81 bits per heavy atom. The average molecular weight is 424 g/mol. The number of nitrogens with one attached hydrogen (secondary N) is 1. The molecular formula is C30H21NSi. The first-order valence-corrected chi connectivity index (χ1v) is 13.1. The molecule has 1 aliphatic rings. The van der Waals surface area contributed by atoms with Gasteiger partial charge in [0.2, 0.25) is 0 Å². The summed E-state index contributed by atoms with van der Waals surface area (Å²) in [6, 6.07) is 44.9. The van der Waals surface area contributed by atoms with Crippen molar-refractivity contribution in [3.8, 4) is 11.1 Å². The van der Waals surface area contributed by atoms with Crippen molar-refractivity contribution in [2.45, 2.75) is 0 Å². The maximum Gasteiger partial charge on any atom is 0.180 e. The van der Waals surface area contributed by atoms with Gasteiger partial charge in [-0.2, -0.15) is 0 Å². The zero-order valence-corrected chi connectivity index (χ0v) is 18.5. The van der Waals surface area contributed by atoms with E-state index in [1.165, 1.54) is 53.7 Å². The fraction of sp³-hybridized carbons (Fsp3) is 0. The number of para-hydroxylation sites is 1. The standard InChI is InChI=1S/C30H21NSi/c1-3-11-21(12-4-1)32(22-13-5-2-6-14-22)29-18-10-8-16-24(29)26-19-25-23-15-7-9-17-27(23)31-28(25)20-30(26)32/h1-20,31H. The van der Waals surface area contributed by atoms with E-state index >= 15 is 0 Å². The third kappa shape index (κ3) is 2.22. The van der Waals surface area contributed by atoms with Crippen molar-refractivity contribution >= 4 is 50.6 Å². The number of hydrogen-bond donors (Lipinski definition) is 1. The minimum atomic E-state index is -2.41. The Morgan fingerprint density at radius 2 is 1.06 bits per heavy atom. The molecule has 0 amide bonds. The predicted molar refractivity (Wildman–Crippen MR) is 138 cm³/mol. The molecule has 1 N–H and O–H groups in total. The molecule has 0 bridgehead atoms. The van der Waals surface area contributed by atoms with Crippen LogP contribution in [0.5, 0.6) is 0 Å². The van der Waals surface area contributed by atoms with Crippen molar-refractivity contribution in [2.75, 3.05) is 0 Å². The number of hydrogen-bond acceptors (Lipinski definition) is 0. The summed E-state index contributed by atoms with van der Waals surface area (Å²) in [4.78, 5) is 3.70. The lowest BCUT2D eigenvalue weighted by molar-refractivity contribution is 1.55. The molecule has 6 aromatic rings. The molecule has 150 valence electrons. The van der Waals surface area contributed by atoms with Crippen molar-refractivity contribution < 1.29 is 0 Å². The van der Waals surface area contributed by atoms with Crippen LogP contribution in [0.1, 0.15) is 0 Å². The lowest BCUT2D eigenvalue weighted by atomic mass is 10.0. The molecule has 5 aromatic carbocycles. The molecule has 0 fully saturated rings. The lowest BCUT2D eigenvalue weighted by Crippen LogP contribution is -2.72. The van der Waals surface area contributed by atoms with Crippen LogP contribution < -0.4 is 20.7 Å². The Morgan fingerprint density at radius 1 is 0.438 bits per heavy atom. The van der Waals surface area contributed by atoms with Crippen LogP contribution in [0.2, 0.25) is 0 Å². The molecule has 0 saturated carbocycles. The van der Waals surface area contributed by atoms with Gasteiger partial charge in [0.05, 0.1) is 0 Å². The number of H-pyrrole nitrogens is 1. The average Bonchev–Trinajstić information content (AvgIpc) is 3.37. The van der Waals surface area contributed by atoms with Crippen LogP contribution >= 0.6 is 0 Å². The molecule has 1 aliphatic heterocycles. The molecule has 0 spiro atoms. The van der Waals surface area contributed by atoms with Crippen LogP contribution in [-0.2, 0) is 0 Å². The smallest absolute Gasteiger partial charge is 0.180 e. The van der Waals surface area contributed by atoms with Gasteiger partial charge in [0.15, 0.2) is 8.07 Å². The maximum atomic E-state index is 3.70. The van der Waals surface area contributed by atoms with Crippen molar-refractivity contribution in [3.63, 3.8) is 0 Å².